The second kappa shape index (κ2) is 5.16. The molecule has 0 aliphatic carbocycles. The maximum absolute atomic E-state index is 12.3. The number of hydrogen-bond donors (Lipinski definition) is 1. The second-order valence-corrected chi connectivity index (χ2v) is 7.16. The molecule has 0 atom stereocenters. The van der Waals surface area contributed by atoms with Crippen LogP contribution in [0.2, 0.25) is 0 Å². The predicted octanol–water partition coefficient (Wildman–Crippen LogP) is 0.859. The molecule has 1 aliphatic heterocycles. The summed E-state index contributed by atoms with van der Waals surface area (Å²) in [5.74, 6) is -1.06. The van der Waals surface area contributed by atoms with Crippen LogP contribution in [0.3, 0.4) is 0 Å². The van der Waals surface area contributed by atoms with Gasteiger partial charge in [0, 0.05) is 13.1 Å². The zero-order valence-corrected chi connectivity index (χ0v) is 12.2. The molecular weight excluding hydrogens is 282 g/mol. The Morgan fingerprint density at radius 1 is 1.45 bits per heavy atom. The van der Waals surface area contributed by atoms with E-state index in [1.165, 1.54) is 4.31 Å². The smallest absolute Gasteiger partial charge is 0.329 e. The number of benzene rings is 1. The van der Waals surface area contributed by atoms with Crippen LogP contribution in [0.15, 0.2) is 29.2 Å². The second-order valence-electron chi connectivity index (χ2n) is 5.22. The van der Waals surface area contributed by atoms with Gasteiger partial charge in [0.05, 0.1) is 10.5 Å². The van der Waals surface area contributed by atoms with Crippen molar-refractivity contribution in [3.05, 3.63) is 29.8 Å². The molecule has 1 aromatic rings. The van der Waals surface area contributed by atoms with Crippen LogP contribution in [0, 0.1) is 6.92 Å². The Labute approximate surface area is 118 Å². The van der Waals surface area contributed by atoms with Crippen LogP contribution in [0.1, 0.15) is 12.5 Å². The molecule has 0 radical (unpaired) electrons. The summed E-state index contributed by atoms with van der Waals surface area (Å²) in [6.07, 6.45) is 0. The van der Waals surface area contributed by atoms with Gasteiger partial charge in [-0.2, -0.15) is 4.31 Å². The van der Waals surface area contributed by atoms with E-state index in [0.29, 0.717) is 0 Å². The highest BCUT2D eigenvalue weighted by Crippen LogP contribution is 2.30. The van der Waals surface area contributed by atoms with Crippen molar-refractivity contribution in [2.75, 3.05) is 19.7 Å². The lowest BCUT2D eigenvalue weighted by molar-refractivity contribution is -0.157. The number of carbonyl (C=O) groups is 1. The van der Waals surface area contributed by atoms with Crippen LogP contribution in [0.5, 0.6) is 0 Å². The number of aliphatic carboxylic acids is 1. The summed E-state index contributed by atoms with van der Waals surface area (Å²) in [6.45, 7) is 3.44. The van der Waals surface area contributed by atoms with E-state index in [1.807, 2.05) is 13.0 Å². The maximum atomic E-state index is 12.3. The summed E-state index contributed by atoms with van der Waals surface area (Å²) in [6, 6.07) is 6.69. The van der Waals surface area contributed by atoms with Crippen molar-refractivity contribution in [3.8, 4) is 0 Å². The highest BCUT2D eigenvalue weighted by Gasteiger charge is 2.46. The fourth-order valence-corrected chi connectivity index (χ4v) is 3.89. The van der Waals surface area contributed by atoms with E-state index in [0.717, 1.165) is 5.56 Å². The van der Waals surface area contributed by atoms with Crippen molar-refractivity contribution in [3.63, 3.8) is 0 Å². The van der Waals surface area contributed by atoms with Gasteiger partial charge in [-0.3, -0.25) is 0 Å². The third kappa shape index (κ3) is 3.00. The largest absolute Gasteiger partial charge is 0.480 e. The van der Waals surface area contributed by atoms with Gasteiger partial charge in [-0.25, -0.2) is 13.2 Å². The molecule has 1 aromatic carbocycles. The SMILES string of the molecule is Cc1cccc(S(=O)(=O)N2CC(C)(OCC(=O)O)C2)c1. The number of rotatable bonds is 5. The Hall–Kier alpha value is -1.44. The molecule has 1 N–H and O–H groups in total. The first-order valence-electron chi connectivity index (χ1n) is 6.16. The summed E-state index contributed by atoms with van der Waals surface area (Å²) in [4.78, 5) is 10.7. The summed E-state index contributed by atoms with van der Waals surface area (Å²) in [7, 11) is -3.53. The minimum Gasteiger partial charge on any atom is -0.480 e. The zero-order valence-electron chi connectivity index (χ0n) is 11.4. The van der Waals surface area contributed by atoms with Crippen molar-refractivity contribution in [1.29, 1.82) is 0 Å². The summed E-state index contributed by atoms with van der Waals surface area (Å²) in [5, 5.41) is 8.57. The van der Waals surface area contributed by atoms with Gasteiger partial charge < -0.3 is 9.84 Å². The summed E-state index contributed by atoms with van der Waals surface area (Å²) < 4.78 is 31.2. The van der Waals surface area contributed by atoms with Gasteiger partial charge in [-0.1, -0.05) is 12.1 Å². The molecule has 0 saturated carbocycles. The van der Waals surface area contributed by atoms with Crippen molar-refractivity contribution in [1.82, 2.24) is 4.31 Å². The van der Waals surface area contributed by atoms with E-state index in [4.69, 9.17) is 9.84 Å². The van der Waals surface area contributed by atoms with Crippen LogP contribution >= 0.6 is 0 Å². The van der Waals surface area contributed by atoms with Crippen LogP contribution < -0.4 is 0 Å². The Bertz CT molecular complexity index is 619. The van der Waals surface area contributed by atoms with Gasteiger partial charge in [0.1, 0.15) is 6.61 Å². The van der Waals surface area contributed by atoms with E-state index in [-0.39, 0.29) is 18.0 Å². The monoisotopic (exact) mass is 299 g/mol. The number of sulfonamides is 1. The Kier molecular flexibility index (Phi) is 3.86. The lowest BCUT2D eigenvalue weighted by Gasteiger charge is -2.46. The van der Waals surface area contributed by atoms with Crippen LogP contribution in [0.25, 0.3) is 0 Å². The van der Waals surface area contributed by atoms with Gasteiger partial charge in [0.25, 0.3) is 0 Å². The molecule has 7 heteroatoms. The Morgan fingerprint density at radius 3 is 2.65 bits per heavy atom. The fraction of sp³-hybridized carbons (Fsp3) is 0.462. The van der Waals surface area contributed by atoms with Crippen LogP contribution in [0.4, 0.5) is 0 Å². The summed E-state index contributed by atoms with van der Waals surface area (Å²) in [5.41, 5.74) is 0.145. The van der Waals surface area contributed by atoms with E-state index < -0.39 is 28.2 Å². The van der Waals surface area contributed by atoms with Crippen LogP contribution in [-0.4, -0.2) is 49.1 Å². The first-order chi connectivity index (χ1) is 9.23. The van der Waals surface area contributed by atoms with Crippen molar-refractivity contribution in [2.45, 2.75) is 24.3 Å². The molecule has 0 unspecified atom stereocenters. The Balaban J connectivity index is 2.06. The van der Waals surface area contributed by atoms with Gasteiger partial charge in [0.2, 0.25) is 10.0 Å². The van der Waals surface area contributed by atoms with E-state index in [2.05, 4.69) is 0 Å². The van der Waals surface area contributed by atoms with E-state index in [9.17, 15) is 13.2 Å². The van der Waals surface area contributed by atoms with E-state index >= 15 is 0 Å². The molecule has 0 aromatic heterocycles. The molecule has 1 aliphatic rings. The number of ether oxygens (including phenoxy) is 1. The molecule has 1 fully saturated rings. The predicted molar refractivity (Wildman–Crippen MR) is 71.9 cm³/mol. The van der Waals surface area contributed by atoms with Gasteiger partial charge in [-0.15, -0.1) is 0 Å². The van der Waals surface area contributed by atoms with Gasteiger partial charge in [0.15, 0.2) is 0 Å². The molecule has 0 amide bonds. The van der Waals surface area contributed by atoms with Crippen molar-refractivity contribution >= 4 is 16.0 Å². The molecular formula is C13H17NO5S. The number of hydrogen-bond acceptors (Lipinski definition) is 4. The van der Waals surface area contributed by atoms with Crippen molar-refractivity contribution < 1.29 is 23.1 Å². The fourth-order valence-electron chi connectivity index (χ4n) is 2.12. The van der Waals surface area contributed by atoms with Crippen molar-refractivity contribution in [2.24, 2.45) is 0 Å². The lowest BCUT2D eigenvalue weighted by atomic mass is 10.0. The van der Waals surface area contributed by atoms with Gasteiger partial charge >= 0.3 is 5.97 Å². The average Bonchev–Trinajstić information content (AvgIpc) is 2.33. The first-order valence-corrected chi connectivity index (χ1v) is 7.60. The summed E-state index contributed by atoms with van der Waals surface area (Å²) >= 11 is 0. The quantitative estimate of drug-likeness (QED) is 0.871. The minimum atomic E-state index is -3.53. The third-order valence-electron chi connectivity index (χ3n) is 3.19. The minimum absolute atomic E-state index is 0.163. The maximum Gasteiger partial charge on any atom is 0.329 e. The standard InChI is InChI=1S/C13H17NO5S/c1-10-4-3-5-11(6-10)20(17,18)14-8-13(2,9-14)19-7-12(15)16/h3-6H,7-9H2,1-2H3,(H,15,16). The van der Waals surface area contributed by atoms with Gasteiger partial charge in [-0.05, 0) is 31.5 Å². The number of nitrogens with zero attached hydrogens (tertiary/aromatic N) is 1. The van der Waals surface area contributed by atoms with Crippen LogP contribution in [-0.2, 0) is 19.6 Å². The zero-order chi connectivity index (χ0) is 15.0. The van der Waals surface area contributed by atoms with E-state index in [1.54, 1.807) is 25.1 Å². The molecule has 2 rings (SSSR count). The Morgan fingerprint density at radius 2 is 2.10 bits per heavy atom. The third-order valence-corrected chi connectivity index (χ3v) is 4.98. The molecule has 110 valence electrons. The normalized spacial score (nSPS) is 18.5. The lowest BCUT2D eigenvalue weighted by Crippen LogP contribution is -2.63. The molecule has 0 bridgehead atoms. The molecule has 20 heavy (non-hydrogen) atoms. The number of carboxylic acids is 1. The number of aryl methyl sites for hydroxylation is 1. The topological polar surface area (TPSA) is 83.9 Å². The average molecular weight is 299 g/mol. The molecule has 6 nitrogen and oxygen atoms in total. The molecule has 1 saturated heterocycles. The molecule has 0 spiro atoms. The highest BCUT2D eigenvalue weighted by atomic mass is 32.2. The highest BCUT2D eigenvalue weighted by molar-refractivity contribution is 7.89. The first kappa shape index (κ1) is 15.0. The number of carboxylic acid groups (broad SMARTS) is 1. The molecule has 1 heterocycles.